The van der Waals surface area contributed by atoms with Crippen molar-refractivity contribution < 1.29 is 33.7 Å². The van der Waals surface area contributed by atoms with E-state index in [0.29, 0.717) is 17.2 Å². The minimum absolute atomic E-state index is 0.0209. The maximum absolute atomic E-state index is 12.7. The first-order valence-electron chi connectivity index (χ1n) is 9.14. The van der Waals surface area contributed by atoms with Gasteiger partial charge in [0.25, 0.3) is 0 Å². The molecule has 0 radical (unpaired) electrons. The number of carboxylic acid groups (broad SMARTS) is 1. The molecular weight excluding hydrogens is 392 g/mol. The highest BCUT2D eigenvalue weighted by molar-refractivity contribution is 5.97. The lowest BCUT2D eigenvalue weighted by molar-refractivity contribution is -0.137. The smallest absolute Gasteiger partial charge is 0.408 e. The van der Waals surface area contributed by atoms with Crippen molar-refractivity contribution in [2.75, 3.05) is 19.5 Å². The van der Waals surface area contributed by atoms with Gasteiger partial charge in [0, 0.05) is 30.3 Å². The Kier molecular flexibility index (Phi) is 8.49. The summed E-state index contributed by atoms with van der Waals surface area (Å²) in [7, 11) is 2.95. The highest BCUT2D eigenvalue weighted by Gasteiger charge is 2.23. The first-order valence-corrected chi connectivity index (χ1v) is 9.14. The number of rotatable bonds is 10. The van der Waals surface area contributed by atoms with Crippen LogP contribution in [0.2, 0.25) is 0 Å². The van der Waals surface area contributed by atoms with Crippen LogP contribution < -0.4 is 20.1 Å². The Morgan fingerprint density at radius 3 is 2.20 bits per heavy atom. The Bertz CT molecular complexity index is 849. The van der Waals surface area contributed by atoms with E-state index in [4.69, 9.17) is 19.3 Å². The van der Waals surface area contributed by atoms with Gasteiger partial charge in [-0.3, -0.25) is 9.59 Å². The highest BCUT2D eigenvalue weighted by atomic mass is 16.5. The molecule has 0 fully saturated rings. The number of hydrogen-bond donors (Lipinski definition) is 3. The molecule has 0 spiro atoms. The van der Waals surface area contributed by atoms with Gasteiger partial charge in [0.2, 0.25) is 5.91 Å². The van der Waals surface area contributed by atoms with Crippen LogP contribution in [-0.4, -0.2) is 43.3 Å². The molecular formula is C21H24N2O7. The van der Waals surface area contributed by atoms with Crippen molar-refractivity contribution in [3.8, 4) is 11.5 Å². The number of ether oxygens (including phenoxy) is 3. The molecule has 30 heavy (non-hydrogen) atoms. The van der Waals surface area contributed by atoms with Crippen molar-refractivity contribution in [2.45, 2.75) is 25.5 Å². The van der Waals surface area contributed by atoms with Crippen LogP contribution in [0.1, 0.15) is 18.4 Å². The molecule has 1 atom stereocenters. The normalized spacial score (nSPS) is 11.1. The summed E-state index contributed by atoms with van der Waals surface area (Å²) in [6, 6.07) is 12.7. The van der Waals surface area contributed by atoms with Gasteiger partial charge in [-0.15, -0.1) is 0 Å². The topological polar surface area (TPSA) is 123 Å². The molecule has 0 saturated carbocycles. The summed E-state index contributed by atoms with van der Waals surface area (Å²) in [6.07, 6.45) is -1.24. The highest BCUT2D eigenvalue weighted by Crippen LogP contribution is 2.26. The average Bonchev–Trinajstić information content (AvgIpc) is 2.75. The maximum atomic E-state index is 12.7. The van der Waals surface area contributed by atoms with Gasteiger partial charge in [-0.1, -0.05) is 30.3 Å². The standard InChI is InChI=1S/C21H24N2O7/c1-28-16-10-15(11-17(12-16)29-2)22-20(26)18(8-9-19(24)25)23-21(27)30-13-14-6-4-3-5-7-14/h3-7,10-12,18H,8-9,13H2,1-2H3,(H,22,26)(H,23,27)(H,24,25)/t18-/m0/s1. The summed E-state index contributed by atoms with van der Waals surface area (Å²) in [5, 5.41) is 14.0. The molecule has 9 heteroatoms. The molecule has 0 bridgehead atoms. The van der Waals surface area contributed by atoms with E-state index < -0.39 is 24.0 Å². The van der Waals surface area contributed by atoms with E-state index in [-0.39, 0.29) is 19.4 Å². The zero-order valence-corrected chi connectivity index (χ0v) is 16.7. The number of alkyl carbamates (subject to hydrolysis) is 1. The molecule has 3 N–H and O–H groups in total. The van der Waals surface area contributed by atoms with E-state index in [2.05, 4.69) is 10.6 Å². The SMILES string of the molecule is COc1cc(NC(=O)[C@H](CCC(=O)O)NC(=O)OCc2ccccc2)cc(OC)c1. The number of anilines is 1. The molecule has 2 amide bonds. The van der Waals surface area contributed by atoms with Gasteiger partial charge in [0.15, 0.2) is 0 Å². The number of amides is 2. The van der Waals surface area contributed by atoms with Gasteiger partial charge in [0.05, 0.1) is 14.2 Å². The number of carbonyl (C=O) groups excluding carboxylic acids is 2. The maximum Gasteiger partial charge on any atom is 0.408 e. The lowest BCUT2D eigenvalue weighted by Crippen LogP contribution is -2.44. The molecule has 0 aliphatic heterocycles. The van der Waals surface area contributed by atoms with Gasteiger partial charge in [-0.05, 0) is 12.0 Å². The molecule has 2 rings (SSSR count). The number of aliphatic carboxylic acids is 1. The van der Waals surface area contributed by atoms with E-state index in [1.165, 1.54) is 14.2 Å². The van der Waals surface area contributed by atoms with Crippen LogP contribution >= 0.6 is 0 Å². The van der Waals surface area contributed by atoms with Crippen molar-refractivity contribution in [3.63, 3.8) is 0 Å². The number of hydrogen-bond acceptors (Lipinski definition) is 6. The van der Waals surface area contributed by atoms with E-state index in [0.717, 1.165) is 5.56 Å². The molecule has 160 valence electrons. The molecule has 2 aromatic rings. The first-order chi connectivity index (χ1) is 14.4. The van der Waals surface area contributed by atoms with Gasteiger partial charge >= 0.3 is 12.1 Å². The summed E-state index contributed by atoms with van der Waals surface area (Å²) in [4.78, 5) is 35.7. The Hall–Kier alpha value is -3.75. The third kappa shape index (κ3) is 7.34. The molecule has 0 aromatic heterocycles. The van der Waals surface area contributed by atoms with Gasteiger partial charge < -0.3 is 30.0 Å². The van der Waals surface area contributed by atoms with Crippen molar-refractivity contribution in [1.29, 1.82) is 0 Å². The van der Waals surface area contributed by atoms with Crippen molar-refractivity contribution in [2.24, 2.45) is 0 Å². The van der Waals surface area contributed by atoms with E-state index in [9.17, 15) is 14.4 Å². The number of methoxy groups -OCH3 is 2. The van der Waals surface area contributed by atoms with Crippen LogP contribution in [0, 0.1) is 0 Å². The lowest BCUT2D eigenvalue weighted by atomic mass is 10.1. The average molecular weight is 416 g/mol. The Morgan fingerprint density at radius 1 is 1.00 bits per heavy atom. The van der Waals surface area contributed by atoms with Gasteiger partial charge in [-0.25, -0.2) is 4.79 Å². The quantitative estimate of drug-likeness (QED) is 0.544. The van der Waals surface area contributed by atoms with Crippen LogP contribution in [0.4, 0.5) is 10.5 Å². The third-order valence-corrected chi connectivity index (χ3v) is 4.09. The van der Waals surface area contributed by atoms with E-state index in [1.54, 1.807) is 30.3 Å². The zero-order valence-electron chi connectivity index (χ0n) is 16.7. The van der Waals surface area contributed by atoms with Crippen molar-refractivity contribution in [1.82, 2.24) is 5.32 Å². The monoisotopic (exact) mass is 416 g/mol. The zero-order chi connectivity index (χ0) is 21.9. The minimum Gasteiger partial charge on any atom is -0.497 e. The van der Waals surface area contributed by atoms with Crippen LogP contribution in [0.3, 0.4) is 0 Å². The molecule has 0 unspecified atom stereocenters. The second kappa shape index (κ2) is 11.3. The fourth-order valence-corrected chi connectivity index (χ4v) is 2.55. The number of benzene rings is 2. The molecule has 0 aliphatic rings. The first kappa shape index (κ1) is 22.5. The Morgan fingerprint density at radius 2 is 1.63 bits per heavy atom. The fourth-order valence-electron chi connectivity index (χ4n) is 2.55. The molecule has 0 saturated heterocycles. The number of nitrogens with one attached hydrogen (secondary N) is 2. The third-order valence-electron chi connectivity index (χ3n) is 4.09. The summed E-state index contributed by atoms with van der Waals surface area (Å²) >= 11 is 0. The Labute approximate surface area is 173 Å². The predicted octanol–water partition coefficient (Wildman–Crippen LogP) is 2.80. The van der Waals surface area contributed by atoms with Gasteiger partial charge in [-0.2, -0.15) is 0 Å². The van der Waals surface area contributed by atoms with Crippen LogP contribution in [0.5, 0.6) is 11.5 Å². The molecule has 2 aromatic carbocycles. The summed E-state index contributed by atoms with van der Waals surface area (Å²) in [5.74, 6) is -0.762. The van der Waals surface area contributed by atoms with Crippen LogP contribution in [-0.2, 0) is 20.9 Å². The second-order valence-electron chi connectivity index (χ2n) is 6.28. The molecule has 0 aliphatic carbocycles. The van der Waals surface area contributed by atoms with Crippen LogP contribution in [0.15, 0.2) is 48.5 Å². The fraction of sp³-hybridized carbons (Fsp3) is 0.286. The van der Waals surface area contributed by atoms with Crippen LogP contribution in [0.25, 0.3) is 0 Å². The summed E-state index contributed by atoms with van der Waals surface area (Å²) < 4.78 is 15.4. The van der Waals surface area contributed by atoms with Crippen molar-refractivity contribution >= 4 is 23.7 Å². The van der Waals surface area contributed by atoms with Gasteiger partial charge in [0.1, 0.15) is 24.1 Å². The van der Waals surface area contributed by atoms with E-state index >= 15 is 0 Å². The van der Waals surface area contributed by atoms with Crippen molar-refractivity contribution in [3.05, 3.63) is 54.1 Å². The second-order valence-corrected chi connectivity index (χ2v) is 6.28. The number of carbonyl (C=O) groups is 3. The Balaban J connectivity index is 2.04. The number of carboxylic acids is 1. The van der Waals surface area contributed by atoms with E-state index in [1.807, 2.05) is 18.2 Å². The minimum atomic E-state index is -1.11. The molecule has 9 nitrogen and oxygen atoms in total. The summed E-state index contributed by atoms with van der Waals surface area (Å²) in [6.45, 7) is 0.0209. The summed E-state index contributed by atoms with van der Waals surface area (Å²) in [5.41, 5.74) is 1.15. The largest absolute Gasteiger partial charge is 0.497 e. The predicted molar refractivity (Wildman–Crippen MR) is 109 cm³/mol. The lowest BCUT2D eigenvalue weighted by Gasteiger charge is -2.18. The molecule has 0 heterocycles.